The Hall–Kier alpha value is -0.860. The minimum Gasteiger partial charge on any atom is -0.317 e. The van der Waals surface area contributed by atoms with Crippen molar-refractivity contribution in [1.29, 1.82) is 0 Å². The zero-order valence-corrected chi connectivity index (χ0v) is 11.0. The van der Waals surface area contributed by atoms with E-state index in [0.717, 1.165) is 5.92 Å². The smallest absolute Gasteiger partial charge is 0.0320 e. The number of benzene rings is 1. The van der Waals surface area contributed by atoms with Crippen molar-refractivity contribution in [3.8, 4) is 0 Å². The number of hydrogen-bond donors (Lipinski definition) is 2. The Morgan fingerprint density at radius 2 is 2.12 bits per heavy atom. The SMILES string of the molecule is CNC(CC1CCNCC1)c1cccc(C)c1. The lowest BCUT2D eigenvalue weighted by Gasteiger charge is -2.27. The second-order valence-electron chi connectivity index (χ2n) is 5.18. The maximum atomic E-state index is 3.47. The lowest BCUT2D eigenvalue weighted by molar-refractivity contribution is 0.318. The van der Waals surface area contributed by atoms with Crippen LogP contribution in [0.1, 0.15) is 36.4 Å². The first-order chi connectivity index (χ1) is 8.29. The van der Waals surface area contributed by atoms with E-state index in [2.05, 4.69) is 48.9 Å². The highest BCUT2D eigenvalue weighted by Gasteiger charge is 2.18. The molecule has 1 fully saturated rings. The molecule has 1 atom stereocenters. The third kappa shape index (κ3) is 3.55. The predicted octanol–water partition coefficient (Wildman–Crippen LogP) is 2.65. The van der Waals surface area contributed by atoms with Gasteiger partial charge in [-0.25, -0.2) is 0 Å². The number of nitrogens with one attached hydrogen (secondary N) is 2. The van der Waals surface area contributed by atoms with E-state index in [1.165, 1.54) is 43.5 Å². The summed E-state index contributed by atoms with van der Waals surface area (Å²) in [6, 6.07) is 9.40. The highest BCUT2D eigenvalue weighted by molar-refractivity contribution is 5.25. The number of piperidine rings is 1. The van der Waals surface area contributed by atoms with Gasteiger partial charge in [0.05, 0.1) is 0 Å². The van der Waals surface area contributed by atoms with Crippen LogP contribution in [0, 0.1) is 12.8 Å². The third-order valence-corrected chi connectivity index (χ3v) is 3.82. The Bertz CT molecular complexity index is 343. The van der Waals surface area contributed by atoms with Crippen molar-refractivity contribution in [3.05, 3.63) is 35.4 Å². The van der Waals surface area contributed by atoms with E-state index >= 15 is 0 Å². The van der Waals surface area contributed by atoms with Crippen molar-refractivity contribution < 1.29 is 0 Å². The zero-order chi connectivity index (χ0) is 12.1. The summed E-state index contributed by atoms with van der Waals surface area (Å²) < 4.78 is 0. The fraction of sp³-hybridized carbons (Fsp3) is 0.600. The van der Waals surface area contributed by atoms with Gasteiger partial charge >= 0.3 is 0 Å². The van der Waals surface area contributed by atoms with E-state index in [9.17, 15) is 0 Å². The van der Waals surface area contributed by atoms with Crippen molar-refractivity contribution in [2.45, 2.75) is 32.2 Å². The quantitative estimate of drug-likeness (QED) is 0.834. The van der Waals surface area contributed by atoms with E-state index in [-0.39, 0.29) is 0 Å². The Balaban J connectivity index is 2.00. The van der Waals surface area contributed by atoms with Crippen LogP contribution in [0.15, 0.2) is 24.3 Å². The average molecular weight is 232 g/mol. The van der Waals surface area contributed by atoms with Crippen LogP contribution in [0.25, 0.3) is 0 Å². The first-order valence-corrected chi connectivity index (χ1v) is 6.74. The van der Waals surface area contributed by atoms with Crippen LogP contribution >= 0.6 is 0 Å². The van der Waals surface area contributed by atoms with E-state index in [1.807, 2.05) is 0 Å². The summed E-state index contributed by atoms with van der Waals surface area (Å²) in [6.07, 6.45) is 3.91. The summed E-state index contributed by atoms with van der Waals surface area (Å²) in [7, 11) is 2.08. The molecule has 2 nitrogen and oxygen atoms in total. The van der Waals surface area contributed by atoms with Gasteiger partial charge in [0.2, 0.25) is 0 Å². The molecule has 1 heterocycles. The lowest BCUT2D eigenvalue weighted by Crippen LogP contribution is -2.30. The normalized spacial score (nSPS) is 19.2. The van der Waals surface area contributed by atoms with Gasteiger partial charge < -0.3 is 10.6 Å². The summed E-state index contributed by atoms with van der Waals surface area (Å²) in [5.41, 5.74) is 2.79. The molecule has 0 saturated carbocycles. The van der Waals surface area contributed by atoms with Gasteiger partial charge in [-0.05, 0) is 57.8 Å². The van der Waals surface area contributed by atoms with Crippen molar-refractivity contribution in [1.82, 2.24) is 10.6 Å². The second-order valence-corrected chi connectivity index (χ2v) is 5.18. The van der Waals surface area contributed by atoms with Gasteiger partial charge in [0.25, 0.3) is 0 Å². The highest BCUT2D eigenvalue weighted by atomic mass is 14.9. The molecule has 0 aliphatic carbocycles. The Morgan fingerprint density at radius 3 is 2.76 bits per heavy atom. The molecule has 2 heteroatoms. The molecular formula is C15H24N2. The molecule has 1 unspecified atom stereocenters. The van der Waals surface area contributed by atoms with Crippen LogP contribution in [-0.2, 0) is 0 Å². The van der Waals surface area contributed by atoms with Gasteiger partial charge in [0.1, 0.15) is 0 Å². The summed E-state index contributed by atoms with van der Waals surface area (Å²) in [5, 5.41) is 6.91. The molecule has 1 aromatic carbocycles. The van der Waals surface area contributed by atoms with Gasteiger partial charge in [0, 0.05) is 6.04 Å². The standard InChI is InChI=1S/C15H24N2/c1-12-4-3-5-14(10-12)15(16-2)11-13-6-8-17-9-7-13/h3-5,10,13,15-17H,6-9,11H2,1-2H3. The summed E-state index contributed by atoms with van der Waals surface area (Å²) >= 11 is 0. The molecule has 2 N–H and O–H groups in total. The molecule has 1 aliphatic heterocycles. The predicted molar refractivity (Wildman–Crippen MR) is 73.2 cm³/mol. The monoisotopic (exact) mass is 232 g/mol. The third-order valence-electron chi connectivity index (χ3n) is 3.82. The Labute approximate surface area is 105 Å². The van der Waals surface area contributed by atoms with Crippen LogP contribution in [0.3, 0.4) is 0 Å². The minimum atomic E-state index is 0.512. The van der Waals surface area contributed by atoms with Gasteiger partial charge in [-0.15, -0.1) is 0 Å². The molecule has 0 spiro atoms. The lowest BCUT2D eigenvalue weighted by atomic mass is 9.88. The van der Waals surface area contributed by atoms with Crippen LogP contribution < -0.4 is 10.6 Å². The first kappa shape index (κ1) is 12.6. The van der Waals surface area contributed by atoms with Crippen LogP contribution in [0.5, 0.6) is 0 Å². The van der Waals surface area contributed by atoms with E-state index in [1.54, 1.807) is 0 Å². The molecule has 2 rings (SSSR count). The number of hydrogen-bond acceptors (Lipinski definition) is 2. The van der Waals surface area contributed by atoms with Gasteiger partial charge in [0.15, 0.2) is 0 Å². The van der Waals surface area contributed by atoms with Gasteiger partial charge in [-0.2, -0.15) is 0 Å². The molecule has 0 amide bonds. The molecule has 0 radical (unpaired) electrons. The summed E-state index contributed by atoms with van der Waals surface area (Å²) in [4.78, 5) is 0. The van der Waals surface area contributed by atoms with Gasteiger partial charge in [-0.1, -0.05) is 29.8 Å². The minimum absolute atomic E-state index is 0.512. The average Bonchev–Trinajstić information content (AvgIpc) is 2.37. The molecule has 1 aliphatic rings. The van der Waals surface area contributed by atoms with Gasteiger partial charge in [-0.3, -0.25) is 0 Å². The van der Waals surface area contributed by atoms with E-state index in [4.69, 9.17) is 0 Å². The van der Waals surface area contributed by atoms with Crippen molar-refractivity contribution in [2.75, 3.05) is 20.1 Å². The number of aryl methyl sites for hydroxylation is 1. The van der Waals surface area contributed by atoms with Crippen LogP contribution in [0.2, 0.25) is 0 Å². The molecule has 0 aromatic heterocycles. The fourth-order valence-electron chi connectivity index (χ4n) is 2.76. The highest BCUT2D eigenvalue weighted by Crippen LogP contribution is 2.26. The van der Waals surface area contributed by atoms with E-state index < -0.39 is 0 Å². The maximum absolute atomic E-state index is 3.47. The summed E-state index contributed by atoms with van der Waals surface area (Å²) in [5.74, 6) is 0.870. The van der Waals surface area contributed by atoms with Crippen molar-refractivity contribution in [2.24, 2.45) is 5.92 Å². The fourth-order valence-corrected chi connectivity index (χ4v) is 2.76. The molecule has 1 aromatic rings. The van der Waals surface area contributed by atoms with E-state index in [0.29, 0.717) is 6.04 Å². The maximum Gasteiger partial charge on any atom is 0.0320 e. The largest absolute Gasteiger partial charge is 0.317 e. The Morgan fingerprint density at radius 1 is 1.35 bits per heavy atom. The second kappa shape index (κ2) is 6.18. The number of rotatable bonds is 4. The summed E-state index contributed by atoms with van der Waals surface area (Å²) in [6.45, 7) is 4.55. The van der Waals surface area contributed by atoms with Crippen molar-refractivity contribution >= 4 is 0 Å². The Kier molecular flexibility index (Phi) is 4.57. The molecule has 0 bridgehead atoms. The molecule has 94 valence electrons. The molecule has 17 heavy (non-hydrogen) atoms. The van der Waals surface area contributed by atoms with Crippen LogP contribution in [0.4, 0.5) is 0 Å². The molecular weight excluding hydrogens is 208 g/mol. The first-order valence-electron chi connectivity index (χ1n) is 6.74. The topological polar surface area (TPSA) is 24.1 Å². The zero-order valence-electron chi connectivity index (χ0n) is 11.0. The van der Waals surface area contributed by atoms with Crippen LogP contribution in [-0.4, -0.2) is 20.1 Å². The molecule has 1 saturated heterocycles. The van der Waals surface area contributed by atoms with Crippen molar-refractivity contribution in [3.63, 3.8) is 0 Å².